The van der Waals surface area contributed by atoms with Gasteiger partial charge in [-0.3, -0.25) is 0 Å². The number of aliphatic hydroxyl groups excluding tert-OH is 1. The van der Waals surface area contributed by atoms with Crippen LogP contribution in [0.25, 0.3) is 0 Å². The van der Waals surface area contributed by atoms with Crippen LogP contribution in [0.5, 0.6) is 0 Å². The van der Waals surface area contributed by atoms with Gasteiger partial charge in [-0.2, -0.15) is 0 Å². The van der Waals surface area contributed by atoms with Gasteiger partial charge in [0.2, 0.25) is 0 Å². The molecule has 2 N–H and O–H groups in total. The summed E-state index contributed by atoms with van der Waals surface area (Å²) in [4.78, 5) is 0. The first-order valence-electron chi connectivity index (χ1n) is 6.78. The highest BCUT2D eigenvalue weighted by Gasteiger charge is 2.31. The molecule has 0 radical (unpaired) electrons. The number of hydrogen-bond acceptors (Lipinski definition) is 3. The molecule has 1 atom stereocenters. The molecule has 1 heterocycles. The van der Waals surface area contributed by atoms with E-state index < -0.39 is 0 Å². The Bertz CT molecular complexity index is 196. The number of hydrogen-bond donors (Lipinski definition) is 2. The maximum absolute atomic E-state index is 9.56. The van der Waals surface area contributed by atoms with E-state index in [0.717, 1.165) is 19.7 Å². The summed E-state index contributed by atoms with van der Waals surface area (Å²) in [5.41, 5.74) is 0.164. The van der Waals surface area contributed by atoms with Crippen LogP contribution in [-0.2, 0) is 4.74 Å². The van der Waals surface area contributed by atoms with Crippen LogP contribution in [0, 0.1) is 5.41 Å². The molecule has 0 amide bonds. The van der Waals surface area contributed by atoms with Crippen molar-refractivity contribution in [3.63, 3.8) is 0 Å². The monoisotopic (exact) mass is 227 g/mol. The van der Waals surface area contributed by atoms with Crippen molar-refractivity contribution in [1.29, 1.82) is 0 Å². The molecule has 3 heteroatoms. The van der Waals surface area contributed by atoms with Crippen molar-refractivity contribution < 1.29 is 9.84 Å². The van der Waals surface area contributed by atoms with Crippen LogP contribution in [0.4, 0.5) is 0 Å². The molecule has 94 valence electrons. The standard InChI is InChI=1S/C13H25NO2/c15-11-13(6-2-1-3-7-13)10-14-9-12-5-4-8-16-12/h12,14-15H,1-11H2. The number of nitrogens with one attached hydrogen (secondary N) is 1. The number of ether oxygens (including phenoxy) is 1. The van der Waals surface area contributed by atoms with Crippen LogP contribution in [0.3, 0.4) is 0 Å². The highest BCUT2D eigenvalue weighted by molar-refractivity contribution is 4.84. The van der Waals surface area contributed by atoms with Gasteiger partial charge in [-0.1, -0.05) is 19.3 Å². The Morgan fingerprint density at radius 2 is 2.00 bits per heavy atom. The third kappa shape index (κ3) is 3.19. The first kappa shape index (κ1) is 12.3. The van der Waals surface area contributed by atoms with Crippen molar-refractivity contribution in [3.05, 3.63) is 0 Å². The molecule has 3 nitrogen and oxygen atoms in total. The topological polar surface area (TPSA) is 41.5 Å². The Labute approximate surface area is 98.6 Å². The van der Waals surface area contributed by atoms with Crippen LogP contribution < -0.4 is 5.32 Å². The Morgan fingerprint density at radius 1 is 1.19 bits per heavy atom. The molecule has 0 aromatic rings. The minimum Gasteiger partial charge on any atom is -0.396 e. The SMILES string of the molecule is OCC1(CNCC2CCCO2)CCCCC1. The van der Waals surface area contributed by atoms with Gasteiger partial charge < -0.3 is 15.2 Å². The van der Waals surface area contributed by atoms with Crippen LogP contribution in [-0.4, -0.2) is 37.5 Å². The molecule has 0 aromatic carbocycles. The van der Waals surface area contributed by atoms with Crippen LogP contribution >= 0.6 is 0 Å². The Kier molecular flexibility index (Phi) is 4.62. The molecule has 0 aromatic heterocycles. The average molecular weight is 227 g/mol. The molecule has 1 saturated carbocycles. The van der Waals surface area contributed by atoms with Crippen molar-refractivity contribution in [3.8, 4) is 0 Å². The van der Waals surface area contributed by atoms with E-state index in [4.69, 9.17) is 4.74 Å². The highest BCUT2D eigenvalue weighted by atomic mass is 16.5. The summed E-state index contributed by atoms with van der Waals surface area (Å²) in [6.45, 7) is 3.19. The molecule has 1 aliphatic carbocycles. The molecule has 2 fully saturated rings. The minimum atomic E-state index is 0.164. The maximum atomic E-state index is 9.56. The van der Waals surface area contributed by atoms with Gasteiger partial charge in [0.05, 0.1) is 6.10 Å². The fraction of sp³-hybridized carbons (Fsp3) is 1.00. The fourth-order valence-electron chi connectivity index (χ4n) is 3.00. The van der Waals surface area contributed by atoms with Crippen molar-refractivity contribution in [2.75, 3.05) is 26.3 Å². The van der Waals surface area contributed by atoms with Gasteiger partial charge in [-0.15, -0.1) is 0 Å². The molecule has 2 aliphatic rings. The van der Waals surface area contributed by atoms with E-state index in [1.54, 1.807) is 0 Å². The van der Waals surface area contributed by atoms with E-state index in [2.05, 4.69) is 5.32 Å². The molecule has 1 unspecified atom stereocenters. The second-order valence-electron chi connectivity index (χ2n) is 5.48. The van der Waals surface area contributed by atoms with Gasteiger partial charge >= 0.3 is 0 Å². The minimum absolute atomic E-state index is 0.164. The van der Waals surface area contributed by atoms with Gasteiger partial charge in [-0.05, 0) is 25.7 Å². The summed E-state index contributed by atoms with van der Waals surface area (Å²) in [6, 6.07) is 0. The zero-order chi connectivity index (χ0) is 11.3. The molecule has 2 rings (SSSR count). The summed E-state index contributed by atoms with van der Waals surface area (Å²) >= 11 is 0. The van der Waals surface area contributed by atoms with Crippen LogP contribution in [0.1, 0.15) is 44.9 Å². The normalized spacial score (nSPS) is 29.4. The van der Waals surface area contributed by atoms with Gasteiger partial charge in [0, 0.05) is 31.7 Å². The Hall–Kier alpha value is -0.120. The second-order valence-corrected chi connectivity index (χ2v) is 5.48. The summed E-state index contributed by atoms with van der Waals surface area (Å²) in [7, 11) is 0. The van der Waals surface area contributed by atoms with Crippen LogP contribution in [0.15, 0.2) is 0 Å². The van der Waals surface area contributed by atoms with Gasteiger partial charge in [-0.25, -0.2) is 0 Å². The van der Waals surface area contributed by atoms with E-state index in [0.29, 0.717) is 12.7 Å². The lowest BCUT2D eigenvalue weighted by Crippen LogP contribution is -2.41. The van der Waals surface area contributed by atoms with Crippen molar-refractivity contribution in [2.24, 2.45) is 5.41 Å². The van der Waals surface area contributed by atoms with E-state index in [-0.39, 0.29) is 5.41 Å². The lowest BCUT2D eigenvalue weighted by molar-refractivity contribution is 0.0698. The third-order valence-electron chi connectivity index (χ3n) is 4.15. The molecular formula is C13H25NO2. The lowest BCUT2D eigenvalue weighted by Gasteiger charge is -2.36. The van der Waals surface area contributed by atoms with E-state index in [9.17, 15) is 5.11 Å². The predicted octanol–water partition coefficient (Wildman–Crippen LogP) is 1.70. The zero-order valence-corrected chi connectivity index (χ0v) is 10.2. The van der Waals surface area contributed by atoms with Gasteiger partial charge in [0.15, 0.2) is 0 Å². The Balaban J connectivity index is 1.69. The first-order valence-corrected chi connectivity index (χ1v) is 6.78. The summed E-state index contributed by atoms with van der Waals surface area (Å²) in [5.74, 6) is 0. The third-order valence-corrected chi connectivity index (χ3v) is 4.15. The molecular weight excluding hydrogens is 202 g/mol. The maximum Gasteiger partial charge on any atom is 0.0700 e. The molecule has 0 spiro atoms. The highest BCUT2D eigenvalue weighted by Crippen LogP contribution is 2.35. The number of rotatable bonds is 5. The Morgan fingerprint density at radius 3 is 2.62 bits per heavy atom. The summed E-state index contributed by atoms with van der Waals surface area (Å²) < 4.78 is 5.58. The average Bonchev–Trinajstić information content (AvgIpc) is 2.83. The van der Waals surface area contributed by atoms with Crippen molar-refractivity contribution in [1.82, 2.24) is 5.32 Å². The molecule has 1 saturated heterocycles. The van der Waals surface area contributed by atoms with Crippen molar-refractivity contribution >= 4 is 0 Å². The van der Waals surface area contributed by atoms with Gasteiger partial charge in [0.1, 0.15) is 0 Å². The largest absolute Gasteiger partial charge is 0.396 e. The second kappa shape index (κ2) is 5.99. The van der Waals surface area contributed by atoms with E-state index in [1.165, 1.54) is 44.9 Å². The fourth-order valence-corrected chi connectivity index (χ4v) is 3.00. The first-order chi connectivity index (χ1) is 7.85. The lowest BCUT2D eigenvalue weighted by atomic mass is 9.74. The van der Waals surface area contributed by atoms with Crippen molar-refractivity contribution in [2.45, 2.75) is 51.0 Å². The van der Waals surface area contributed by atoms with E-state index >= 15 is 0 Å². The van der Waals surface area contributed by atoms with Gasteiger partial charge in [0.25, 0.3) is 0 Å². The summed E-state index contributed by atoms with van der Waals surface area (Å²) in [6.07, 6.45) is 9.08. The summed E-state index contributed by atoms with van der Waals surface area (Å²) in [5, 5.41) is 13.1. The number of aliphatic hydroxyl groups is 1. The molecule has 16 heavy (non-hydrogen) atoms. The predicted molar refractivity (Wildman–Crippen MR) is 64.4 cm³/mol. The van der Waals surface area contributed by atoms with Crippen LogP contribution in [0.2, 0.25) is 0 Å². The smallest absolute Gasteiger partial charge is 0.0700 e. The molecule has 0 bridgehead atoms. The van der Waals surface area contributed by atoms with E-state index in [1.807, 2.05) is 0 Å². The quantitative estimate of drug-likeness (QED) is 0.751. The molecule has 1 aliphatic heterocycles. The zero-order valence-electron chi connectivity index (χ0n) is 10.2.